The molecule has 1 heterocycles. The third kappa shape index (κ3) is 2.80. The van der Waals surface area contributed by atoms with Crippen molar-refractivity contribution in [3.8, 4) is 5.69 Å². The highest BCUT2D eigenvalue weighted by Gasteiger charge is 2.06. The number of halogens is 1. The Kier molecular flexibility index (Phi) is 3.69. The second-order valence-electron chi connectivity index (χ2n) is 3.98. The molecule has 0 saturated heterocycles. The Bertz CT molecular complexity index is 505. The minimum atomic E-state index is 0.732. The summed E-state index contributed by atoms with van der Waals surface area (Å²) in [6.45, 7) is 5.03. The van der Waals surface area contributed by atoms with E-state index in [-0.39, 0.29) is 0 Å². The first kappa shape index (κ1) is 12.0. The predicted molar refractivity (Wildman–Crippen MR) is 72.1 cm³/mol. The fourth-order valence-corrected chi connectivity index (χ4v) is 1.87. The fourth-order valence-electron chi connectivity index (χ4n) is 1.68. The zero-order valence-electron chi connectivity index (χ0n) is 10.1. The molecule has 0 aliphatic rings. The van der Waals surface area contributed by atoms with Gasteiger partial charge in [-0.1, -0.05) is 24.6 Å². The molecule has 0 saturated carbocycles. The van der Waals surface area contributed by atoms with Gasteiger partial charge in [0, 0.05) is 23.5 Å². The van der Waals surface area contributed by atoms with Crippen molar-refractivity contribution in [3.05, 3.63) is 41.2 Å². The third-order valence-corrected chi connectivity index (χ3v) is 2.68. The zero-order chi connectivity index (χ0) is 12.3. The Morgan fingerprint density at radius 2 is 2.24 bits per heavy atom. The minimum absolute atomic E-state index is 0.732. The summed E-state index contributed by atoms with van der Waals surface area (Å²) < 4.78 is 2.02. The van der Waals surface area contributed by atoms with Crippen molar-refractivity contribution in [2.75, 3.05) is 11.9 Å². The van der Waals surface area contributed by atoms with Gasteiger partial charge < -0.3 is 5.32 Å². The minimum Gasteiger partial charge on any atom is -0.355 e. The molecule has 0 aliphatic carbocycles. The van der Waals surface area contributed by atoms with Crippen LogP contribution in [0.4, 0.5) is 5.95 Å². The molecule has 1 N–H and O–H groups in total. The van der Waals surface area contributed by atoms with Crippen LogP contribution in [-0.2, 0) is 0 Å². The number of hydrogen-bond donors (Lipinski definition) is 1. The van der Waals surface area contributed by atoms with E-state index in [0.717, 1.165) is 35.3 Å². The van der Waals surface area contributed by atoms with E-state index in [4.69, 9.17) is 11.6 Å². The van der Waals surface area contributed by atoms with Gasteiger partial charge in [-0.05, 0) is 31.5 Å². The first-order chi connectivity index (χ1) is 8.20. The zero-order valence-corrected chi connectivity index (χ0v) is 10.8. The van der Waals surface area contributed by atoms with Crippen LogP contribution in [0.1, 0.15) is 19.0 Å². The van der Waals surface area contributed by atoms with E-state index in [2.05, 4.69) is 17.2 Å². The lowest BCUT2D eigenvalue weighted by Gasteiger charge is -2.09. The maximum absolute atomic E-state index is 6.00. The van der Waals surface area contributed by atoms with Gasteiger partial charge >= 0.3 is 0 Å². The summed E-state index contributed by atoms with van der Waals surface area (Å²) in [6, 6.07) is 7.76. The molecule has 4 heteroatoms. The molecule has 1 aromatic heterocycles. The summed E-state index contributed by atoms with van der Waals surface area (Å²) in [5, 5.41) is 4.04. The van der Waals surface area contributed by atoms with Crippen LogP contribution >= 0.6 is 11.6 Å². The average Bonchev–Trinajstić information content (AvgIpc) is 2.68. The second-order valence-corrected chi connectivity index (χ2v) is 4.42. The van der Waals surface area contributed by atoms with Crippen LogP contribution in [0.3, 0.4) is 0 Å². The van der Waals surface area contributed by atoms with Crippen LogP contribution in [0, 0.1) is 6.92 Å². The molecule has 0 amide bonds. The lowest BCUT2D eigenvalue weighted by molar-refractivity contribution is 0.937. The molecule has 0 bridgehead atoms. The molecule has 2 rings (SSSR count). The molecule has 0 spiro atoms. The number of aromatic nitrogens is 2. The molecule has 1 aromatic carbocycles. The van der Waals surface area contributed by atoms with Gasteiger partial charge in [0.2, 0.25) is 5.95 Å². The molecule has 0 unspecified atom stereocenters. The van der Waals surface area contributed by atoms with Crippen molar-refractivity contribution in [1.29, 1.82) is 0 Å². The monoisotopic (exact) mass is 249 g/mol. The highest BCUT2D eigenvalue weighted by molar-refractivity contribution is 6.30. The summed E-state index contributed by atoms with van der Waals surface area (Å²) in [7, 11) is 0. The predicted octanol–water partition coefficient (Wildman–Crippen LogP) is 3.66. The number of nitrogens with zero attached hydrogens (tertiary/aromatic N) is 2. The van der Waals surface area contributed by atoms with Crippen molar-refractivity contribution in [1.82, 2.24) is 9.55 Å². The number of aryl methyl sites for hydroxylation is 1. The largest absolute Gasteiger partial charge is 0.355 e. The van der Waals surface area contributed by atoms with Crippen molar-refractivity contribution < 1.29 is 0 Å². The van der Waals surface area contributed by atoms with Gasteiger partial charge in [-0.2, -0.15) is 0 Å². The SMILES string of the molecule is CCCNc1nc(C)cn1-c1cccc(Cl)c1. The Morgan fingerprint density at radius 3 is 2.94 bits per heavy atom. The smallest absolute Gasteiger partial charge is 0.207 e. The standard InChI is InChI=1S/C13H16ClN3/c1-3-7-15-13-16-10(2)9-17(13)12-6-4-5-11(14)8-12/h4-6,8-9H,3,7H2,1-2H3,(H,15,16). The van der Waals surface area contributed by atoms with E-state index in [1.165, 1.54) is 0 Å². The molecule has 17 heavy (non-hydrogen) atoms. The molecular formula is C13H16ClN3. The van der Waals surface area contributed by atoms with Crippen molar-refractivity contribution in [2.45, 2.75) is 20.3 Å². The maximum Gasteiger partial charge on any atom is 0.207 e. The van der Waals surface area contributed by atoms with Crippen LogP contribution in [0.2, 0.25) is 5.02 Å². The van der Waals surface area contributed by atoms with Crippen molar-refractivity contribution in [3.63, 3.8) is 0 Å². The van der Waals surface area contributed by atoms with Crippen LogP contribution < -0.4 is 5.32 Å². The molecular weight excluding hydrogens is 234 g/mol. The van der Waals surface area contributed by atoms with Gasteiger partial charge in [0.15, 0.2) is 0 Å². The van der Waals surface area contributed by atoms with Gasteiger partial charge in [0.1, 0.15) is 0 Å². The van der Waals surface area contributed by atoms with E-state index in [1.54, 1.807) is 0 Å². The Balaban J connectivity index is 2.37. The van der Waals surface area contributed by atoms with Crippen molar-refractivity contribution >= 4 is 17.5 Å². The number of imidazole rings is 1. The summed E-state index contributed by atoms with van der Waals surface area (Å²) in [4.78, 5) is 4.46. The van der Waals surface area contributed by atoms with Crippen molar-refractivity contribution in [2.24, 2.45) is 0 Å². The number of rotatable bonds is 4. The van der Waals surface area contributed by atoms with E-state index < -0.39 is 0 Å². The van der Waals surface area contributed by atoms with E-state index in [9.17, 15) is 0 Å². The van der Waals surface area contributed by atoms with Crippen LogP contribution in [-0.4, -0.2) is 16.1 Å². The van der Waals surface area contributed by atoms with E-state index in [0.29, 0.717) is 0 Å². The highest BCUT2D eigenvalue weighted by atomic mass is 35.5. The second kappa shape index (κ2) is 5.23. The number of anilines is 1. The topological polar surface area (TPSA) is 29.9 Å². The Morgan fingerprint density at radius 1 is 1.41 bits per heavy atom. The molecule has 0 fully saturated rings. The first-order valence-electron chi connectivity index (χ1n) is 5.76. The molecule has 0 aliphatic heterocycles. The lowest BCUT2D eigenvalue weighted by Crippen LogP contribution is -2.06. The van der Waals surface area contributed by atoms with Crippen LogP contribution in [0.25, 0.3) is 5.69 Å². The summed E-state index contributed by atoms with van der Waals surface area (Å²) in [5.41, 5.74) is 2.01. The summed E-state index contributed by atoms with van der Waals surface area (Å²) in [6.07, 6.45) is 3.07. The summed E-state index contributed by atoms with van der Waals surface area (Å²) >= 11 is 6.00. The fraction of sp³-hybridized carbons (Fsp3) is 0.308. The van der Waals surface area contributed by atoms with Gasteiger partial charge in [0.25, 0.3) is 0 Å². The van der Waals surface area contributed by atoms with Gasteiger partial charge in [-0.25, -0.2) is 4.98 Å². The third-order valence-electron chi connectivity index (χ3n) is 2.45. The number of nitrogens with one attached hydrogen (secondary N) is 1. The highest BCUT2D eigenvalue weighted by Crippen LogP contribution is 2.19. The quantitative estimate of drug-likeness (QED) is 0.896. The molecule has 90 valence electrons. The average molecular weight is 250 g/mol. The van der Waals surface area contributed by atoms with Crippen LogP contribution in [0.5, 0.6) is 0 Å². The first-order valence-corrected chi connectivity index (χ1v) is 6.14. The van der Waals surface area contributed by atoms with Gasteiger partial charge in [-0.3, -0.25) is 4.57 Å². The molecule has 3 nitrogen and oxygen atoms in total. The number of benzene rings is 1. The van der Waals surface area contributed by atoms with E-state index >= 15 is 0 Å². The maximum atomic E-state index is 6.00. The lowest BCUT2D eigenvalue weighted by atomic mass is 10.3. The Labute approximate surface area is 106 Å². The normalized spacial score (nSPS) is 10.5. The van der Waals surface area contributed by atoms with E-state index in [1.807, 2.05) is 42.0 Å². The summed E-state index contributed by atoms with van der Waals surface area (Å²) in [5.74, 6) is 0.867. The molecule has 0 radical (unpaired) electrons. The number of hydrogen-bond acceptors (Lipinski definition) is 2. The molecule has 0 atom stereocenters. The van der Waals surface area contributed by atoms with Gasteiger partial charge in [-0.15, -0.1) is 0 Å². The van der Waals surface area contributed by atoms with Gasteiger partial charge in [0.05, 0.1) is 5.69 Å². The Hall–Kier alpha value is -1.48. The van der Waals surface area contributed by atoms with Crippen LogP contribution in [0.15, 0.2) is 30.5 Å². The molecule has 2 aromatic rings.